The van der Waals surface area contributed by atoms with Crippen LogP contribution in [0.15, 0.2) is 27.6 Å². The molecule has 1 heterocycles. The second-order valence-corrected chi connectivity index (χ2v) is 7.20. The van der Waals surface area contributed by atoms with Crippen molar-refractivity contribution in [2.24, 2.45) is 5.92 Å². The van der Waals surface area contributed by atoms with E-state index in [2.05, 4.69) is 15.9 Å². The van der Waals surface area contributed by atoms with Crippen LogP contribution in [-0.2, 0) is 10.0 Å². The fourth-order valence-corrected chi connectivity index (χ4v) is 4.22. The molecule has 18 heavy (non-hydrogen) atoms. The fourth-order valence-electron chi connectivity index (χ4n) is 2.04. The van der Waals surface area contributed by atoms with Gasteiger partial charge in [-0.15, -0.1) is 0 Å². The van der Waals surface area contributed by atoms with Crippen LogP contribution in [0.3, 0.4) is 0 Å². The van der Waals surface area contributed by atoms with E-state index in [-0.39, 0.29) is 23.1 Å². The van der Waals surface area contributed by atoms with Crippen molar-refractivity contribution in [1.29, 1.82) is 0 Å². The van der Waals surface area contributed by atoms with Crippen molar-refractivity contribution in [2.45, 2.75) is 11.3 Å². The number of hydrogen-bond donors (Lipinski definition) is 2. The SMILES string of the molecule is Nc1ccc(Br)cc1S(=O)(=O)N1CCC(CO)C1. The number of aliphatic hydroxyl groups is 1. The summed E-state index contributed by atoms with van der Waals surface area (Å²) in [6.45, 7) is 0.796. The van der Waals surface area contributed by atoms with E-state index in [4.69, 9.17) is 10.8 Å². The summed E-state index contributed by atoms with van der Waals surface area (Å²) in [6.07, 6.45) is 0.684. The van der Waals surface area contributed by atoms with Crippen LogP contribution in [0.25, 0.3) is 0 Å². The molecule has 5 nitrogen and oxygen atoms in total. The van der Waals surface area contributed by atoms with E-state index in [9.17, 15) is 8.42 Å². The number of nitrogens with two attached hydrogens (primary N) is 1. The lowest BCUT2D eigenvalue weighted by Crippen LogP contribution is -2.29. The number of anilines is 1. The van der Waals surface area contributed by atoms with Gasteiger partial charge in [0, 0.05) is 24.2 Å². The van der Waals surface area contributed by atoms with Gasteiger partial charge in [0.2, 0.25) is 10.0 Å². The van der Waals surface area contributed by atoms with Crippen LogP contribution in [0.4, 0.5) is 5.69 Å². The van der Waals surface area contributed by atoms with E-state index in [1.807, 2.05) is 0 Å². The molecule has 1 saturated heterocycles. The monoisotopic (exact) mass is 334 g/mol. The minimum atomic E-state index is -3.57. The Bertz CT molecular complexity index is 547. The molecule has 0 amide bonds. The molecule has 1 aromatic rings. The van der Waals surface area contributed by atoms with Crippen molar-refractivity contribution in [3.8, 4) is 0 Å². The van der Waals surface area contributed by atoms with Gasteiger partial charge in [-0.3, -0.25) is 0 Å². The van der Waals surface area contributed by atoms with E-state index < -0.39 is 10.0 Å². The molecule has 1 aliphatic heterocycles. The molecule has 1 aromatic carbocycles. The van der Waals surface area contributed by atoms with Crippen molar-refractivity contribution in [1.82, 2.24) is 4.31 Å². The Hall–Kier alpha value is -0.630. The highest BCUT2D eigenvalue weighted by Gasteiger charge is 2.33. The first kappa shape index (κ1) is 13.8. The third kappa shape index (κ3) is 2.54. The zero-order chi connectivity index (χ0) is 13.3. The van der Waals surface area contributed by atoms with Crippen LogP contribution < -0.4 is 5.73 Å². The number of hydrogen-bond acceptors (Lipinski definition) is 4. The Morgan fingerprint density at radius 1 is 1.50 bits per heavy atom. The number of halogens is 1. The van der Waals surface area contributed by atoms with Crippen LogP contribution in [-0.4, -0.2) is 37.5 Å². The second-order valence-electron chi connectivity index (χ2n) is 4.38. The van der Waals surface area contributed by atoms with Crippen LogP contribution in [0.1, 0.15) is 6.42 Å². The summed E-state index contributed by atoms with van der Waals surface area (Å²) in [5.41, 5.74) is 5.98. The highest BCUT2D eigenvalue weighted by atomic mass is 79.9. The Morgan fingerprint density at radius 3 is 2.83 bits per heavy atom. The number of benzene rings is 1. The zero-order valence-corrected chi connectivity index (χ0v) is 12.1. The summed E-state index contributed by atoms with van der Waals surface area (Å²) in [5, 5.41) is 9.07. The van der Waals surface area contributed by atoms with Crippen molar-refractivity contribution in [3.63, 3.8) is 0 Å². The third-order valence-corrected chi connectivity index (χ3v) is 5.51. The molecule has 2 rings (SSSR count). The van der Waals surface area contributed by atoms with E-state index in [0.717, 1.165) is 0 Å². The first-order chi connectivity index (χ1) is 8.45. The lowest BCUT2D eigenvalue weighted by atomic mass is 10.1. The van der Waals surface area contributed by atoms with Gasteiger partial charge in [-0.1, -0.05) is 15.9 Å². The number of sulfonamides is 1. The molecule has 1 fully saturated rings. The van der Waals surface area contributed by atoms with Crippen LogP contribution in [0, 0.1) is 5.92 Å². The summed E-state index contributed by atoms with van der Waals surface area (Å²) in [7, 11) is -3.57. The Labute approximate surface area is 115 Å². The number of nitrogens with zero attached hydrogens (tertiary/aromatic N) is 1. The van der Waals surface area contributed by atoms with Gasteiger partial charge in [-0.25, -0.2) is 8.42 Å². The number of aliphatic hydroxyl groups excluding tert-OH is 1. The topological polar surface area (TPSA) is 83.6 Å². The van der Waals surface area contributed by atoms with E-state index in [0.29, 0.717) is 24.0 Å². The van der Waals surface area contributed by atoms with Gasteiger partial charge in [0.25, 0.3) is 0 Å². The van der Waals surface area contributed by atoms with Gasteiger partial charge in [0.05, 0.1) is 5.69 Å². The smallest absolute Gasteiger partial charge is 0.245 e. The van der Waals surface area contributed by atoms with Crippen molar-refractivity contribution < 1.29 is 13.5 Å². The maximum atomic E-state index is 12.4. The zero-order valence-electron chi connectivity index (χ0n) is 9.71. The highest BCUT2D eigenvalue weighted by molar-refractivity contribution is 9.10. The molecule has 0 bridgehead atoms. The Balaban J connectivity index is 2.34. The number of nitrogen functional groups attached to an aromatic ring is 1. The normalized spacial score (nSPS) is 21.3. The molecular formula is C11H15BrN2O3S. The highest BCUT2D eigenvalue weighted by Crippen LogP contribution is 2.29. The molecule has 1 aliphatic rings. The van der Waals surface area contributed by atoms with Gasteiger partial charge in [0.1, 0.15) is 4.90 Å². The first-order valence-corrected chi connectivity index (χ1v) is 7.84. The van der Waals surface area contributed by atoms with E-state index >= 15 is 0 Å². The number of rotatable bonds is 3. The lowest BCUT2D eigenvalue weighted by molar-refractivity contribution is 0.233. The summed E-state index contributed by atoms with van der Waals surface area (Å²) >= 11 is 3.24. The molecule has 0 spiro atoms. The summed E-state index contributed by atoms with van der Waals surface area (Å²) in [4.78, 5) is 0.121. The van der Waals surface area contributed by atoms with Gasteiger partial charge < -0.3 is 10.8 Å². The Kier molecular flexibility index (Phi) is 3.96. The van der Waals surface area contributed by atoms with Crippen LogP contribution in [0.2, 0.25) is 0 Å². The molecule has 3 N–H and O–H groups in total. The van der Waals surface area contributed by atoms with Crippen molar-refractivity contribution in [3.05, 3.63) is 22.7 Å². The summed E-state index contributed by atoms with van der Waals surface area (Å²) in [5.74, 6) is 0.0214. The fraction of sp³-hybridized carbons (Fsp3) is 0.455. The molecular weight excluding hydrogens is 320 g/mol. The first-order valence-electron chi connectivity index (χ1n) is 5.61. The van der Waals surface area contributed by atoms with E-state index in [1.54, 1.807) is 12.1 Å². The predicted molar refractivity (Wildman–Crippen MR) is 72.5 cm³/mol. The second kappa shape index (κ2) is 5.16. The lowest BCUT2D eigenvalue weighted by Gasteiger charge is -2.17. The molecule has 1 unspecified atom stereocenters. The van der Waals surface area contributed by atoms with Gasteiger partial charge >= 0.3 is 0 Å². The maximum absolute atomic E-state index is 12.4. The average Bonchev–Trinajstić information content (AvgIpc) is 2.81. The minimum Gasteiger partial charge on any atom is -0.398 e. The van der Waals surface area contributed by atoms with E-state index in [1.165, 1.54) is 10.4 Å². The molecule has 100 valence electrons. The van der Waals surface area contributed by atoms with Crippen LogP contribution >= 0.6 is 15.9 Å². The molecule has 0 saturated carbocycles. The van der Waals surface area contributed by atoms with Gasteiger partial charge in [0.15, 0.2) is 0 Å². The van der Waals surface area contributed by atoms with Gasteiger partial charge in [-0.2, -0.15) is 4.31 Å². The van der Waals surface area contributed by atoms with Crippen molar-refractivity contribution in [2.75, 3.05) is 25.4 Å². The molecule has 7 heteroatoms. The van der Waals surface area contributed by atoms with Crippen LogP contribution in [0.5, 0.6) is 0 Å². The maximum Gasteiger partial charge on any atom is 0.245 e. The molecule has 0 aromatic heterocycles. The molecule has 1 atom stereocenters. The predicted octanol–water partition coefficient (Wildman–Crippen LogP) is 1.03. The third-order valence-electron chi connectivity index (χ3n) is 3.10. The van der Waals surface area contributed by atoms with Crippen molar-refractivity contribution >= 4 is 31.6 Å². The summed E-state index contributed by atoms with van der Waals surface area (Å²) in [6, 6.07) is 4.78. The quantitative estimate of drug-likeness (QED) is 0.809. The minimum absolute atomic E-state index is 0.0139. The molecule has 0 aliphatic carbocycles. The largest absolute Gasteiger partial charge is 0.398 e. The Morgan fingerprint density at radius 2 is 2.22 bits per heavy atom. The summed E-state index contributed by atoms with van der Waals surface area (Å²) < 4.78 is 26.9. The van der Waals surface area contributed by atoms with Gasteiger partial charge in [-0.05, 0) is 30.5 Å². The average molecular weight is 335 g/mol. The standard InChI is InChI=1S/C11H15BrN2O3S/c12-9-1-2-10(13)11(5-9)18(16,17)14-4-3-8(6-14)7-15/h1-2,5,8,15H,3-4,6-7,13H2. The molecule has 0 radical (unpaired) electrons.